The molecule has 2 aromatic heterocycles. The largest absolute Gasteiger partial charge is 0.496 e. The van der Waals surface area contributed by atoms with Gasteiger partial charge < -0.3 is 14.4 Å². The van der Waals surface area contributed by atoms with Crippen molar-refractivity contribution in [2.75, 3.05) is 32.2 Å². The van der Waals surface area contributed by atoms with Crippen LogP contribution in [0.5, 0.6) is 11.5 Å². The van der Waals surface area contributed by atoms with Crippen LogP contribution in [0.1, 0.15) is 49.4 Å². The summed E-state index contributed by atoms with van der Waals surface area (Å²) in [6.45, 7) is 8.73. The van der Waals surface area contributed by atoms with Gasteiger partial charge in [-0.1, -0.05) is 13.0 Å². The number of aromatic nitrogens is 2. The number of hydrogen-bond acceptors (Lipinski definition) is 4. The molecular weight excluding hydrogens is 398 g/mol. The van der Waals surface area contributed by atoms with Crippen molar-refractivity contribution in [1.29, 1.82) is 0 Å². The van der Waals surface area contributed by atoms with Gasteiger partial charge >= 0.3 is 0 Å². The molecule has 0 spiro atoms. The zero-order valence-corrected chi connectivity index (χ0v) is 20.1. The quantitative estimate of drug-likeness (QED) is 0.426. The standard InChI is InChI=1S/C27H35N3O2/c1-6-21-26(29(15-19-7-8-19)16-20-9-10-20)27-23(31-4)12-11-22(30(27)28-21)25-18(3)13-17(2)14-24(25)32-5/h11-14,19-20H,6-10,15-16H2,1-5H3. The van der Waals surface area contributed by atoms with Gasteiger partial charge in [-0.15, -0.1) is 0 Å². The molecular formula is C27H35N3O2. The Morgan fingerprint density at radius 2 is 1.62 bits per heavy atom. The van der Waals surface area contributed by atoms with Gasteiger partial charge in [0, 0.05) is 18.7 Å². The number of fused-ring (bicyclic) bond motifs is 1. The lowest BCUT2D eigenvalue weighted by Gasteiger charge is -2.25. The molecule has 0 saturated heterocycles. The van der Waals surface area contributed by atoms with Crippen LogP contribution in [0.3, 0.4) is 0 Å². The maximum atomic E-state index is 5.90. The van der Waals surface area contributed by atoms with Crippen molar-refractivity contribution < 1.29 is 9.47 Å². The smallest absolute Gasteiger partial charge is 0.146 e. The zero-order chi connectivity index (χ0) is 22.4. The van der Waals surface area contributed by atoms with Crippen molar-refractivity contribution in [1.82, 2.24) is 9.61 Å². The second-order valence-electron chi connectivity index (χ2n) is 9.65. The molecule has 0 radical (unpaired) electrons. The maximum Gasteiger partial charge on any atom is 0.146 e. The third-order valence-electron chi connectivity index (χ3n) is 6.93. The number of methoxy groups -OCH3 is 2. The lowest BCUT2D eigenvalue weighted by atomic mass is 10.0. The predicted molar refractivity (Wildman–Crippen MR) is 130 cm³/mol. The molecule has 0 aliphatic heterocycles. The number of hydrogen-bond donors (Lipinski definition) is 0. The Hall–Kier alpha value is -2.69. The number of benzene rings is 1. The first kappa shape index (κ1) is 21.2. The van der Waals surface area contributed by atoms with Crippen LogP contribution in [0.25, 0.3) is 16.8 Å². The number of aryl methyl sites for hydroxylation is 3. The second kappa shape index (κ2) is 8.34. The average molecular weight is 434 g/mol. The van der Waals surface area contributed by atoms with E-state index in [1.807, 2.05) is 0 Å². The number of ether oxygens (including phenoxy) is 2. The molecule has 0 N–H and O–H groups in total. The van der Waals surface area contributed by atoms with Crippen molar-refractivity contribution in [2.24, 2.45) is 11.8 Å². The third kappa shape index (κ3) is 3.82. The monoisotopic (exact) mass is 433 g/mol. The Labute approximate surface area is 191 Å². The number of pyridine rings is 1. The van der Waals surface area contributed by atoms with Crippen molar-refractivity contribution in [2.45, 2.75) is 52.9 Å². The van der Waals surface area contributed by atoms with Crippen LogP contribution in [-0.2, 0) is 6.42 Å². The molecule has 5 heteroatoms. The van der Waals surface area contributed by atoms with Crippen LogP contribution < -0.4 is 14.4 Å². The molecule has 2 fully saturated rings. The van der Waals surface area contributed by atoms with Gasteiger partial charge in [0.1, 0.15) is 17.0 Å². The predicted octanol–water partition coefficient (Wildman–Crippen LogP) is 5.82. The molecule has 0 unspecified atom stereocenters. The summed E-state index contributed by atoms with van der Waals surface area (Å²) < 4.78 is 13.8. The molecule has 2 heterocycles. The molecule has 0 bridgehead atoms. The SMILES string of the molecule is CCc1nn2c(-c3c(C)cc(C)cc3OC)ccc(OC)c2c1N(CC1CC1)CC1CC1. The molecule has 3 aromatic rings. The van der Waals surface area contributed by atoms with E-state index in [-0.39, 0.29) is 0 Å². The van der Waals surface area contributed by atoms with Crippen molar-refractivity contribution in [3.63, 3.8) is 0 Å². The maximum absolute atomic E-state index is 5.90. The van der Waals surface area contributed by atoms with Gasteiger partial charge in [0.25, 0.3) is 0 Å². The molecule has 0 atom stereocenters. The van der Waals surface area contributed by atoms with E-state index in [1.165, 1.54) is 42.5 Å². The topological polar surface area (TPSA) is 39.0 Å². The fraction of sp³-hybridized carbons (Fsp3) is 0.519. The van der Waals surface area contributed by atoms with Crippen LogP contribution in [-0.4, -0.2) is 36.9 Å². The van der Waals surface area contributed by atoms with E-state index >= 15 is 0 Å². The highest BCUT2D eigenvalue weighted by atomic mass is 16.5. The molecule has 5 nitrogen and oxygen atoms in total. The Morgan fingerprint density at radius 1 is 0.969 bits per heavy atom. The Balaban J connectivity index is 1.74. The van der Waals surface area contributed by atoms with Crippen molar-refractivity contribution >= 4 is 11.2 Å². The highest BCUT2D eigenvalue weighted by Gasteiger charge is 2.33. The summed E-state index contributed by atoms with van der Waals surface area (Å²) in [5, 5.41) is 5.17. The van der Waals surface area contributed by atoms with Gasteiger partial charge in [0.15, 0.2) is 0 Å². The Kier molecular flexibility index (Phi) is 5.52. The number of anilines is 1. The Bertz CT molecular complexity index is 1130. The molecule has 5 rings (SSSR count). The molecule has 1 aromatic carbocycles. The van der Waals surface area contributed by atoms with E-state index in [1.54, 1.807) is 14.2 Å². The first-order valence-corrected chi connectivity index (χ1v) is 12.0. The van der Waals surface area contributed by atoms with Gasteiger partial charge in [-0.2, -0.15) is 5.10 Å². The van der Waals surface area contributed by atoms with Crippen molar-refractivity contribution in [3.8, 4) is 22.8 Å². The molecule has 0 amide bonds. The number of nitrogens with zero attached hydrogens (tertiary/aromatic N) is 3. The van der Waals surface area contributed by atoms with E-state index in [0.717, 1.165) is 65.3 Å². The molecule has 170 valence electrons. The summed E-state index contributed by atoms with van der Waals surface area (Å²) in [5.74, 6) is 3.41. The first-order valence-electron chi connectivity index (χ1n) is 12.0. The minimum Gasteiger partial charge on any atom is -0.496 e. The molecule has 32 heavy (non-hydrogen) atoms. The van der Waals surface area contributed by atoms with Crippen LogP contribution in [0.2, 0.25) is 0 Å². The highest BCUT2D eigenvalue weighted by molar-refractivity contribution is 5.86. The van der Waals surface area contributed by atoms with Crippen LogP contribution in [0.15, 0.2) is 24.3 Å². The normalized spacial score (nSPS) is 15.9. The highest BCUT2D eigenvalue weighted by Crippen LogP contribution is 2.43. The Morgan fingerprint density at radius 3 is 2.19 bits per heavy atom. The lowest BCUT2D eigenvalue weighted by molar-refractivity contribution is 0.414. The minimum absolute atomic E-state index is 0.821. The van der Waals surface area contributed by atoms with Gasteiger partial charge in [0.2, 0.25) is 0 Å². The summed E-state index contributed by atoms with van der Waals surface area (Å²) in [4.78, 5) is 2.63. The molecule has 2 aliphatic rings. The van der Waals surface area contributed by atoms with E-state index in [2.05, 4.69) is 54.5 Å². The molecule has 2 saturated carbocycles. The van der Waals surface area contributed by atoms with Gasteiger partial charge in [-0.25, -0.2) is 4.52 Å². The average Bonchev–Trinajstić information content (AvgIpc) is 3.72. The summed E-state index contributed by atoms with van der Waals surface area (Å²) in [5.41, 5.74) is 8.05. The lowest BCUT2D eigenvalue weighted by Crippen LogP contribution is -2.28. The first-order chi connectivity index (χ1) is 15.5. The summed E-state index contributed by atoms with van der Waals surface area (Å²) in [6.07, 6.45) is 6.30. The molecule has 2 aliphatic carbocycles. The van der Waals surface area contributed by atoms with Crippen LogP contribution in [0.4, 0.5) is 5.69 Å². The number of rotatable bonds is 9. The summed E-state index contributed by atoms with van der Waals surface area (Å²) >= 11 is 0. The minimum atomic E-state index is 0.821. The van der Waals surface area contributed by atoms with E-state index in [0.29, 0.717) is 0 Å². The van der Waals surface area contributed by atoms with E-state index in [4.69, 9.17) is 14.6 Å². The second-order valence-corrected chi connectivity index (χ2v) is 9.65. The van der Waals surface area contributed by atoms with Crippen LogP contribution in [0, 0.1) is 25.7 Å². The van der Waals surface area contributed by atoms with Crippen molar-refractivity contribution in [3.05, 3.63) is 41.1 Å². The summed E-state index contributed by atoms with van der Waals surface area (Å²) in [6, 6.07) is 8.54. The van der Waals surface area contributed by atoms with Gasteiger partial charge in [-0.05, 0) is 87.1 Å². The summed E-state index contributed by atoms with van der Waals surface area (Å²) in [7, 11) is 3.51. The van der Waals surface area contributed by atoms with E-state index < -0.39 is 0 Å². The van der Waals surface area contributed by atoms with Gasteiger partial charge in [-0.3, -0.25) is 0 Å². The third-order valence-corrected chi connectivity index (χ3v) is 6.93. The zero-order valence-electron chi connectivity index (χ0n) is 20.1. The fourth-order valence-electron chi connectivity index (χ4n) is 4.98. The van der Waals surface area contributed by atoms with Gasteiger partial charge in [0.05, 0.1) is 31.3 Å². The fourth-order valence-corrected chi connectivity index (χ4v) is 4.98. The van der Waals surface area contributed by atoms with E-state index in [9.17, 15) is 0 Å². The van der Waals surface area contributed by atoms with Crippen LogP contribution >= 0.6 is 0 Å².